The molecule has 0 aliphatic heterocycles. The van der Waals surface area contributed by atoms with Gasteiger partial charge in [0.25, 0.3) is 0 Å². The predicted octanol–water partition coefficient (Wildman–Crippen LogP) is 4.24. The standard InChI is InChI=1S/C17H27ClN2/c1-12-4-10-16(11-5-12)20(3)17(13(2)19)14-6-8-15(18)9-7-14/h6-9,12-13,16-17H,4-5,10-11,19H2,1-3H3. The molecule has 0 aromatic heterocycles. The van der Waals surface area contributed by atoms with Crippen molar-refractivity contribution in [2.24, 2.45) is 11.7 Å². The van der Waals surface area contributed by atoms with Crippen LogP contribution in [0.15, 0.2) is 24.3 Å². The van der Waals surface area contributed by atoms with Gasteiger partial charge in [0.1, 0.15) is 0 Å². The Bertz CT molecular complexity index is 408. The molecule has 1 fully saturated rings. The van der Waals surface area contributed by atoms with E-state index >= 15 is 0 Å². The lowest BCUT2D eigenvalue weighted by Crippen LogP contribution is -2.44. The maximum Gasteiger partial charge on any atom is 0.0496 e. The summed E-state index contributed by atoms with van der Waals surface area (Å²) < 4.78 is 0. The normalized spacial score (nSPS) is 26.5. The minimum Gasteiger partial charge on any atom is -0.326 e. The van der Waals surface area contributed by atoms with Crippen molar-refractivity contribution >= 4 is 11.6 Å². The van der Waals surface area contributed by atoms with Crippen molar-refractivity contribution in [3.05, 3.63) is 34.9 Å². The molecule has 2 atom stereocenters. The molecule has 112 valence electrons. The third-order valence-electron chi connectivity index (χ3n) is 4.71. The van der Waals surface area contributed by atoms with E-state index in [0.29, 0.717) is 6.04 Å². The van der Waals surface area contributed by atoms with E-state index in [9.17, 15) is 0 Å². The van der Waals surface area contributed by atoms with Crippen molar-refractivity contribution in [2.75, 3.05) is 7.05 Å². The highest BCUT2D eigenvalue weighted by molar-refractivity contribution is 6.30. The summed E-state index contributed by atoms with van der Waals surface area (Å²) in [6.07, 6.45) is 5.24. The van der Waals surface area contributed by atoms with Crippen LogP contribution in [0.25, 0.3) is 0 Å². The first-order valence-electron chi connectivity index (χ1n) is 7.72. The molecular weight excluding hydrogens is 268 g/mol. The number of benzene rings is 1. The fourth-order valence-corrected chi connectivity index (χ4v) is 3.57. The van der Waals surface area contributed by atoms with Gasteiger partial charge in [-0.3, -0.25) is 4.90 Å². The molecule has 2 nitrogen and oxygen atoms in total. The maximum atomic E-state index is 6.27. The SMILES string of the molecule is CC1CCC(N(C)C(c2ccc(Cl)cc2)C(C)N)CC1. The van der Waals surface area contributed by atoms with Gasteiger partial charge >= 0.3 is 0 Å². The van der Waals surface area contributed by atoms with E-state index in [2.05, 4.69) is 37.9 Å². The highest BCUT2D eigenvalue weighted by atomic mass is 35.5. The molecule has 0 spiro atoms. The molecule has 0 amide bonds. The Hall–Kier alpha value is -0.570. The van der Waals surface area contributed by atoms with E-state index in [0.717, 1.165) is 10.9 Å². The van der Waals surface area contributed by atoms with Crippen LogP contribution in [0.1, 0.15) is 51.1 Å². The van der Waals surface area contributed by atoms with E-state index in [-0.39, 0.29) is 12.1 Å². The van der Waals surface area contributed by atoms with Gasteiger partial charge in [-0.2, -0.15) is 0 Å². The van der Waals surface area contributed by atoms with Crippen molar-refractivity contribution in [3.8, 4) is 0 Å². The van der Waals surface area contributed by atoms with Gasteiger partial charge in [-0.25, -0.2) is 0 Å². The quantitative estimate of drug-likeness (QED) is 0.900. The van der Waals surface area contributed by atoms with Crippen molar-refractivity contribution in [3.63, 3.8) is 0 Å². The van der Waals surface area contributed by atoms with Gasteiger partial charge in [0.2, 0.25) is 0 Å². The van der Waals surface area contributed by atoms with Crippen molar-refractivity contribution in [2.45, 2.75) is 57.7 Å². The zero-order valence-electron chi connectivity index (χ0n) is 12.8. The van der Waals surface area contributed by atoms with Gasteiger partial charge in [-0.1, -0.05) is 30.7 Å². The second kappa shape index (κ2) is 6.93. The van der Waals surface area contributed by atoms with Gasteiger partial charge in [0.15, 0.2) is 0 Å². The second-order valence-corrected chi connectivity index (χ2v) is 6.87. The first kappa shape index (κ1) is 15.8. The largest absolute Gasteiger partial charge is 0.326 e. The minimum absolute atomic E-state index is 0.112. The number of nitrogens with zero attached hydrogens (tertiary/aromatic N) is 1. The maximum absolute atomic E-state index is 6.27. The molecule has 1 aliphatic carbocycles. The van der Waals surface area contributed by atoms with Crippen LogP contribution in [0.2, 0.25) is 5.02 Å². The van der Waals surface area contributed by atoms with Crippen LogP contribution in [-0.4, -0.2) is 24.0 Å². The summed E-state index contributed by atoms with van der Waals surface area (Å²) in [4.78, 5) is 2.49. The van der Waals surface area contributed by atoms with E-state index in [1.165, 1.54) is 31.2 Å². The van der Waals surface area contributed by atoms with E-state index in [1.807, 2.05) is 12.1 Å². The molecular formula is C17H27ClN2. The lowest BCUT2D eigenvalue weighted by atomic mass is 9.85. The zero-order chi connectivity index (χ0) is 14.7. The molecule has 0 radical (unpaired) electrons. The van der Waals surface area contributed by atoms with Crippen LogP contribution in [-0.2, 0) is 0 Å². The van der Waals surface area contributed by atoms with Gasteiger partial charge in [0, 0.05) is 23.1 Å². The van der Waals surface area contributed by atoms with E-state index < -0.39 is 0 Å². The average Bonchev–Trinajstić information content (AvgIpc) is 2.41. The zero-order valence-corrected chi connectivity index (χ0v) is 13.6. The molecule has 1 aliphatic rings. The first-order valence-corrected chi connectivity index (χ1v) is 8.09. The summed E-state index contributed by atoms with van der Waals surface area (Å²) in [6.45, 7) is 4.46. The van der Waals surface area contributed by atoms with Gasteiger partial charge in [-0.15, -0.1) is 0 Å². The Kier molecular flexibility index (Phi) is 5.48. The molecule has 0 bridgehead atoms. The second-order valence-electron chi connectivity index (χ2n) is 6.43. The Morgan fingerprint density at radius 2 is 1.70 bits per heavy atom. The smallest absolute Gasteiger partial charge is 0.0496 e. The minimum atomic E-state index is 0.112. The van der Waals surface area contributed by atoms with Crippen LogP contribution in [0, 0.1) is 5.92 Å². The molecule has 1 aromatic rings. The molecule has 1 saturated carbocycles. The topological polar surface area (TPSA) is 29.3 Å². The highest BCUT2D eigenvalue weighted by Gasteiger charge is 2.29. The highest BCUT2D eigenvalue weighted by Crippen LogP contribution is 2.32. The van der Waals surface area contributed by atoms with Crippen LogP contribution in [0.5, 0.6) is 0 Å². The Balaban J connectivity index is 2.13. The number of rotatable bonds is 4. The van der Waals surface area contributed by atoms with Crippen LogP contribution >= 0.6 is 11.6 Å². The summed E-state index contributed by atoms with van der Waals surface area (Å²) in [6, 6.07) is 9.17. The molecule has 0 heterocycles. The van der Waals surface area contributed by atoms with E-state index in [1.54, 1.807) is 0 Å². The first-order chi connectivity index (χ1) is 9.49. The average molecular weight is 295 g/mol. The molecule has 1 aromatic carbocycles. The Labute approximate surface area is 128 Å². The predicted molar refractivity (Wildman–Crippen MR) is 87.0 cm³/mol. The Morgan fingerprint density at radius 3 is 2.20 bits per heavy atom. The van der Waals surface area contributed by atoms with Crippen LogP contribution in [0.4, 0.5) is 0 Å². The monoisotopic (exact) mass is 294 g/mol. The Morgan fingerprint density at radius 1 is 1.15 bits per heavy atom. The number of hydrogen-bond acceptors (Lipinski definition) is 2. The summed E-state index contributed by atoms with van der Waals surface area (Å²) in [5, 5.41) is 0.784. The fourth-order valence-electron chi connectivity index (χ4n) is 3.45. The summed E-state index contributed by atoms with van der Waals surface area (Å²) in [7, 11) is 2.23. The summed E-state index contributed by atoms with van der Waals surface area (Å²) >= 11 is 6.00. The van der Waals surface area contributed by atoms with Crippen LogP contribution in [0.3, 0.4) is 0 Å². The lowest BCUT2D eigenvalue weighted by molar-refractivity contribution is 0.111. The lowest BCUT2D eigenvalue weighted by Gasteiger charge is -2.40. The van der Waals surface area contributed by atoms with Crippen molar-refractivity contribution in [1.29, 1.82) is 0 Å². The number of halogens is 1. The number of nitrogens with two attached hydrogens (primary N) is 1. The van der Waals surface area contributed by atoms with Gasteiger partial charge in [0.05, 0.1) is 0 Å². The number of likely N-dealkylation sites (N-methyl/N-ethyl adjacent to an activating group) is 1. The third kappa shape index (κ3) is 3.75. The molecule has 3 heteroatoms. The third-order valence-corrected chi connectivity index (χ3v) is 4.96. The molecule has 0 saturated heterocycles. The van der Waals surface area contributed by atoms with E-state index in [4.69, 9.17) is 17.3 Å². The summed E-state index contributed by atoms with van der Waals surface area (Å²) in [5.41, 5.74) is 7.54. The van der Waals surface area contributed by atoms with Crippen molar-refractivity contribution < 1.29 is 0 Å². The number of hydrogen-bond donors (Lipinski definition) is 1. The van der Waals surface area contributed by atoms with Gasteiger partial charge < -0.3 is 5.73 Å². The molecule has 2 rings (SSSR count). The summed E-state index contributed by atoms with van der Waals surface area (Å²) in [5.74, 6) is 0.879. The van der Waals surface area contributed by atoms with Crippen molar-refractivity contribution in [1.82, 2.24) is 4.90 Å². The molecule has 2 unspecified atom stereocenters. The van der Waals surface area contributed by atoms with Crippen LogP contribution < -0.4 is 5.73 Å². The molecule has 2 N–H and O–H groups in total. The fraction of sp³-hybridized carbons (Fsp3) is 0.647. The molecule has 20 heavy (non-hydrogen) atoms. The van der Waals surface area contributed by atoms with Gasteiger partial charge in [-0.05, 0) is 63.3 Å².